The van der Waals surface area contributed by atoms with Crippen molar-refractivity contribution in [2.24, 2.45) is 5.92 Å². The van der Waals surface area contributed by atoms with E-state index >= 15 is 0 Å². The Labute approximate surface area is 248 Å². The number of likely N-dealkylation sites (tertiary alicyclic amines) is 2. The van der Waals surface area contributed by atoms with Gasteiger partial charge in [0.1, 0.15) is 17.5 Å². The van der Waals surface area contributed by atoms with E-state index in [-0.39, 0.29) is 17.7 Å². The summed E-state index contributed by atoms with van der Waals surface area (Å²) in [7, 11) is 2.14. The molecule has 222 valence electrons. The van der Waals surface area contributed by atoms with Crippen molar-refractivity contribution in [3.8, 4) is 17.6 Å². The molecule has 3 saturated heterocycles. The quantitative estimate of drug-likeness (QED) is 0.436. The Morgan fingerprint density at radius 3 is 2.60 bits per heavy atom. The Balaban J connectivity index is 1.24. The van der Waals surface area contributed by atoms with Gasteiger partial charge in [0.05, 0.1) is 5.56 Å². The van der Waals surface area contributed by atoms with Gasteiger partial charge in [0.15, 0.2) is 0 Å². The molecule has 42 heavy (non-hydrogen) atoms. The lowest BCUT2D eigenvalue weighted by Crippen LogP contribution is -2.38. The Bertz CT molecular complexity index is 1480. The van der Waals surface area contributed by atoms with Crippen molar-refractivity contribution >= 4 is 22.7 Å². The zero-order valence-electron chi connectivity index (χ0n) is 24.8. The molecule has 0 spiro atoms. The normalized spacial score (nSPS) is 21.1. The molecule has 1 atom stereocenters. The Morgan fingerprint density at radius 2 is 1.86 bits per heavy atom. The molecule has 3 aliphatic rings. The number of nitrogens with one attached hydrogen (secondary N) is 1. The summed E-state index contributed by atoms with van der Waals surface area (Å²) in [5.41, 5.74) is 1.94. The predicted octanol–water partition coefficient (Wildman–Crippen LogP) is 4.44. The van der Waals surface area contributed by atoms with E-state index in [0.717, 1.165) is 88.1 Å². The number of nitrogens with zero attached hydrogens (tertiary/aromatic N) is 5. The highest BCUT2D eigenvalue weighted by atomic mass is 16.5. The molecule has 2 aromatic heterocycles. The lowest BCUT2D eigenvalue weighted by molar-refractivity contribution is 0.0697. The van der Waals surface area contributed by atoms with Crippen molar-refractivity contribution in [2.45, 2.75) is 57.6 Å². The Morgan fingerprint density at radius 1 is 1.07 bits per heavy atom. The maximum absolute atomic E-state index is 13.9. The third-order valence-electron chi connectivity index (χ3n) is 8.77. The summed E-state index contributed by atoms with van der Waals surface area (Å²) in [5.74, 6) is 8.31. The van der Waals surface area contributed by atoms with Crippen LogP contribution >= 0.6 is 0 Å². The van der Waals surface area contributed by atoms with E-state index in [9.17, 15) is 4.79 Å². The van der Waals surface area contributed by atoms with Crippen LogP contribution < -0.4 is 15.6 Å². The first kappa shape index (κ1) is 28.7. The lowest BCUT2D eigenvalue weighted by Gasteiger charge is -2.30. The SMILES string of the molecule is CCN1CCC(C#Cc2cc3cnc(Nc4ccc(OC5CCCN(C)C5)cc4)nc3n(C3CCOCC3)c2=O)CC1. The van der Waals surface area contributed by atoms with Gasteiger partial charge in [-0.15, -0.1) is 0 Å². The summed E-state index contributed by atoms with van der Waals surface area (Å²) >= 11 is 0. The highest BCUT2D eigenvalue weighted by molar-refractivity contribution is 5.77. The van der Waals surface area contributed by atoms with Crippen molar-refractivity contribution in [3.63, 3.8) is 0 Å². The van der Waals surface area contributed by atoms with Gasteiger partial charge in [-0.25, -0.2) is 4.98 Å². The molecule has 3 fully saturated rings. The summed E-state index contributed by atoms with van der Waals surface area (Å²) in [4.78, 5) is 28.1. The minimum atomic E-state index is -0.0765. The zero-order chi connectivity index (χ0) is 28.9. The second-order valence-electron chi connectivity index (χ2n) is 11.8. The lowest BCUT2D eigenvalue weighted by atomic mass is 9.97. The van der Waals surface area contributed by atoms with Gasteiger partial charge < -0.3 is 24.6 Å². The van der Waals surface area contributed by atoms with Crippen LogP contribution in [0.3, 0.4) is 0 Å². The first-order valence-corrected chi connectivity index (χ1v) is 15.5. The third kappa shape index (κ3) is 6.78. The van der Waals surface area contributed by atoms with Crippen LogP contribution in [0.1, 0.15) is 57.1 Å². The van der Waals surface area contributed by atoms with E-state index in [4.69, 9.17) is 14.5 Å². The minimum absolute atomic E-state index is 0.0151. The van der Waals surface area contributed by atoms with Crippen molar-refractivity contribution in [1.29, 1.82) is 0 Å². The Hall–Kier alpha value is -3.45. The number of ether oxygens (including phenoxy) is 2. The molecule has 0 bridgehead atoms. The molecule has 1 aromatic carbocycles. The van der Waals surface area contributed by atoms with Gasteiger partial charge >= 0.3 is 0 Å². The van der Waals surface area contributed by atoms with Crippen LogP contribution in [-0.2, 0) is 4.74 Å². The number of likely N-dealkylation sites (N-methyl/N-ethyl adjacent to an activating group) is 1. The van der Waals surface area contributed by atoms with Crippen LogP contribution in [0.5, 0.6) is 5.75 Å². The van der Waals surface area contributed by atoms with Gasteiger partial charge in [-0.3, -0.25) is 9.36 Å². The summed E-state index contributed by atoms with van der Waals surface area (Å²) in [6.07, 6.45) is 7.89. The van der Waals surface area contributed by atoms with Crippen molar-refractivity contribution < 1.29 is 9.47 Å². The van der Waals surface area contributed by atoms with E-state index in [1.54, 1.807) is 6.20 Å². The highest BCUT2D eigenvalue weighted by Crippen LogP contribution is 2.26. The fourth-order valence-electron chi connectivity index (χ4n) is 6.28. The average Bonchev–Trinajstić information content (AvgIpc) is 3.02. The molecule has 3 aliphatic heterocycles. The molecule has 0 radical (unpaired) electrons. The third-order valence-corrected chi connectivity index (χ3v) is 8.77. The van der Waals surface area contributed by atoms with Gasteiger partial charge in [0.2, 0.25) is 5.95 Å². The summed E-state index contributed by atoms with van der Waals surface area (Å²) in [6, 6.07) is 9.79. The number of benzene rings is 1. The highest BCUT2D eigenvalue weighted by Gasteiger charge is 2.23. The number of rotatable bonds is 6. The van der Waals surface area contributed by atoms with Crippen LogP contribution in [0, 0.1) is 17.8 Å². The topological polar surface area (TPSA) is 84.8 Å². The second kappa shape index (κ2) is 13.2. The molecule has 0 aliphatic carbocycles. The number of anilines is 2. The molecule has 0 amide bonds. The summed E-state index contributed by atoms with van der Waals surface area (Å²) < 4.78 is 13.7. The number of hydrogen-bond donors (Lipinski definition) is 1. The van der Waals surface area contributed by atoms with E-state index < -0.39 is 0 Å². The molecular weight excluding hydrogens is 528 g/mol. The molecule has 9 heteroatoms. The van der Waals surface area contributed by atoms with Crippen LogP contribution in [0.2, 0.25) is 0 Å². The average molecular weight is 571 g/mol. The van der Waals surface area contributed by atoms with Crippen molar-refractivity contribution in [1.82, 2.24) is 24.3 Å². The summed E-state index contributed by atoms with van der Waals surface area (Å²) in [5, 5.41) is 4.13. The molecule has 1 N–H and O–H groups in total. The maximum Gasteiger partial charge on any atom is 0.268 e. The largest absolute Gasteiger partial charge is 0.489 e. The van der Waals surface area contributed by atoms with E-state index in [1.165, 1.54) is 0 Å². The zero-order valence-corrected chi connectivity index (χ0v) is 24.8. The number of hydrogen-bond acceptors (Lipinski definition) is 8. The standard InChI is InChI=1S/C33H42N6O3/c1-3-38-17-12-24(13-18-38)6-7-25-21-26-22-34-33(36-31(26)39(32(25)40)28-14-19-41-20-15-28)35-27-8-10-29(11-9-27)42-30-5-4-16-37(2)23-30/h8-11,21-22,24,28,30H,3-5,12-20,23H2,1-2H3,(H,34,35,36). The number of fused-ring (bicyclic) bond motifs is 1. The van der Waals surface area contributed by atoms with Gasteiger partial charge in [-0.2, -0.15) is 4.98 Å². The van der Waals surface area contributed by atoms with Crippen LogP contribution in [0.15, 0.2) is 41.3 Å². The Kier molecular flexibility index (Phi) is 9.04. The summed E-state index contributed by atoms with van der Waals surface area (Å²) in [6.45, 7) is 8.75. The monoisotopic (exact) mass is 570 g/mol. The van der Waals surface area contributed by atoms with Crippen molar-refractivity contribution in [3.05, 3.63) is 52.4 Å². The number of pyridine rings is 1. The maximum atomic E-state index is 13.9. The van der Waals surface area contributed by atoms with Gasteiger partial charge in [0.25, 0.3) is 5.56 Å². The smallest absolute Gasteiger partial charge is 0.268 e. The van der Waals surface area contributed by atoms with Crippen LogP contribution in [0.4, 0.5) is 11.6 Å². The first-order valence-electron chi connectivity index (χ1n) is 15.5. The fourth-order valence-corrected chi connectivity index (χ4v) is 6.28. The van der Waals surface area contributed by atoms with E-state index in [2.05, 4.69) is 45.9 Å². The van der Waals surface area contributed by atoms with Crippen molar-refractivity contribution in [2.75, 3.05) is 58.3 Å². The molecule has 5 heterocycles. The molecule has 6 rings (SSSR count). The number of piperidine rings is 2. The minimum Gasteiger partial charge on any atom is -0.489 e. The van der Waals surface area contributed by atoms with E-state index in [1.807, 2.05) is 34.9 Å². The van der Waals surface area contributed by atoms with Crippen LogP contribution in [-0.4, -0.2) is 83.4 Å². The van der Waals surface area contributed by atoms with Gasteiger partial charge in [-0.05, 0) is 102 Å². The van der Waals surface area contributed by atoms with Crippen LogP contribution in [0.25, 0.3) is 11.0 Å². The molecular formula is C33H42N6O3. The molecule has 9 nitrogen and oxygen atoms in total. The van der Waals surface area contributed by atoms with Gasteiger partial charge in [0, 0.05) is 49.0 Å². The van der Waals surface area contributed by atoms with Gasteiger partial charge in [-0.1, -0.05) is 18.8 Å². The first-order chi connectivity index (χ1) is 20.6. The number of aromatic nitrogens is 3. The van der Waals surface area contributed by atoms with E-state index in [0.29, 0.717) is 36.3 Å². The molecule has 3 aromatic rings. The molecule has 1 unspecified atom stereocenters. The fraction of sp³-hybridized carbons (Fsp3) is 0.545. The predicted molar refractivity (Wildman–Crippen MR) is 165 cm³/mol. The molecule has 0 saturated carbocycles. The second-order valence-corrected chi connectivity index (χ2v) is 11.8.